The lowest BCUT2D eigenvalue weighted by atomic mass is 9.96. The molecule has 0 aromatic carbocycles. The molecule has 0 bridgehead atoms. The Kier molecular flexibility index (Phi) is 6.36. The van der Waals surface area contributed by atoms with Crippen LogP contribution in [0.1, 0.15) is 46.5 Å². The molecule has 3 heterocycles. The van der Waals surface area contributed by atoms with E-state index in [1.165, 1.54) is 0 Å². The molecule has 3 aliphatic heterocycles. The molecule has 138 valence electrons. The molecule has 0 spiro atoms. The smallest absolute Gasteiger partial charge is 0.227 e. The molecule has 3 saturated heterocycles. The summed E-state index contributed by atoms with van der Waals surface area (Å²) in [5, 5.41) is 6.57. The number of amides is 1. The predicted molar refractivity (Wildman–Crippen MR) is 101 cm³/mol. The first-order valence-electron chi connectivity index (χ1n) is 9.13. The number of nitrogens with one attached hydrogen (secondary N) is 2. The second kappa shape index (κ2) is 8.11. The largest absolute Gasteiger partial charge is 0.317 e. The van der Waals surface area contributed by atoms with Gasteiger partial charge in [0.1, 0.15) is 0 Å². The quantitative estimate of drug-likeness (QED) is 0.771. The standard InChI is InChI=1S/C13H20N2O.C7H11NO/c1-7-5-9(3)14-11(7)13(16)12-8(2)6-10(4)15-12;1-3-8-6(2)4-5-7(8)9/h9-12,14-15H,1-2,5-6H2,3-4H3;2-5H2,1H3. The number of Topliss-reactive ketones (excluding diaryl/α,β-unsaturated/α-hetero) is 1. The van der Waals surface area contributed by atoms with Crippen LogP contribution in [-0.2, 0) is 9.59 Å². The Labute approximate surface area is 151 Å². The molecular formula is C20H31N3O2. The van der Waals surface area contributed by atoms with E-state index in [9.17, 15) is 9.59 Å². The second-order valence-corrected chi connectivity index (χ2v) is 7.33. The minimum Gasteiger partial charge on any atom is -0.317 e. The lowest BCUT2D eigenvalue weighted by Gasteiger charge is -2.18. The first-order chi connectivity index (χ1) is 11.7. The van der Waals surface area contributed by atoms with Crippen LogP contribution in [-0.4, -0.2) is 47.3 Å². The van der Waals surface area contributed by atoms with Crippen molar-refractivity contribution in [2.75, 3.05) is 6.54 Å². The average Bonchev–Trinajstić information content (AvgIpc) is 3.17. The summed E-state index contributed by atoms with van der Waals surface area (Å²) in [6.07, 6.45) is 3.30. The molecule has 4 atom stereocenters. The number of hydrogen-bond acceptors (Lipinski definition) is 4. The SMILES string of the molecule is C=C1CC(C)NC1C(=O)C1NC(C)CC1=C.C=C1CCC(=O)N1CC. The van der Waals surface area contributed by atoms with Crippen LogP contribution < -0.4 is 10.6 Å². The molecule has 0 radical (unpaired) electrons. The molecule has 3 aliphatic rings. The minimum atomic E-state index is -0.186. The highest BCUT2D eigenvalue weighted by atomic mass is 16.2. The molecule has 0 aromatic heterocycles. The van der Waals surface area contributed by atoms with Gasteiger partial charge in [-0.05, 0) is 40.0 Å². The highest BCUT2D eigenvalue weighted by molar-refractivity contribution is 5.95. The maximum Gasteiger partial charge on any atom is 0.227 e. The fourth-order valence-electron chi connectivity index (χ4n) is 3.78. The van der Waals surface area contributed by atoms with Crippen molar-refractivity contribution in [3.8, 4) is 0 Å². The van der Waals surface area contributed by atoms with Crippen molar-refractivity contribution in [1.29, 1.82) is 0 Å². The number of likely N-dealkylation sites (tertiary alicyclic amines) is 1. The van der Waals surface area contributed by atoms with Crippen LogP contribution in [0.3, 0.4) is 0 Å². The summed E-state index contributed by atoms with van der Waals surface area (Å²) in [5.74, 6) is 0.409. The number of carbonyl (C=O) groups excluding carboxylic acids is 2. The first-order valence-corrected chi connectivity index (χ1v) is 9.13. The Morgan fingerprint density at radius 2 is 1.52 bits per heavy atom. The predicted octanol–water partition coefficient (Wildman–Crippen LogP) is 2.31. The number of rotatable bonds is 3. The fourth-order valence-corrected chi connectivity index (χ4v) is 3.78. The van der Waals surface area contributed by atoms with Crippen LogP contribution >= 0.6 is 0 Å². The molecule has 4 unspecified atom stereocenters. The zero-order chi connectivity index (χ0) is 18.7. The number of ketones is 1. The van der Waals surface area contributed by atoms with Crippen molar-refractivity contribution < 1.29 is 9.59 Å². The maximum atomic E-state index is 12.3. The zero-order valence-electron chi connectivity index (χ0n) is 15.7. The lowest BCUT2D eigenvalue weighted by Crippen LogP contribution is -2.46. The van der Waals surface area contributed by atoms with Gasteiger partial charge in [0.15, 0.2) is 5.78 Å². The maximum absolute atomic E-state index is 12.3. The molecule has 0 aromatic rings. The van der Waals surface area contributed by atoms with Gasteiger partial charge in [-0.15, -0.1) is 0 Å². The Hall–Kier alpha value is -1.72. The van der Waals surface area contributed by atoms with Gasteiger partial charge in [-0.2, -0.15) is 0 Å². The molecule has 5 heteroatoms. The Morgan fingerprint density at radius 3 is 1.76 bits per heavy atom. The van der Waals surface area contributed by atoms with E-state index in [0.29, 0.717) is 18.5 Å². The van der Waals surface area contributed by atoms with Crippen LogP contribution in [0.15, 0.2) is 36.6 Å². The number of allylic oxidation sites excluding steroid dienone is 1. The third kappa shape index (κ3) is 4.47. The monoisotopic (exact) mass is 345 g/mol. The van der Waals surface area contributed by atoms with E-state index >= 15 is 0 Å². The van der Waals surface area contributed by atoms with Gasteiger partial charge in [-0.3, -0.25) is 9.59 Å². The number of nitrogens with zero attached hydrogens (tertiary/aromatic N) is 1. The highest BCUT2D eigenvalue weighted by Crippen LogP contribution is 2.25. The van der Waals surface area contributed by atoms with E-state index in [-0.39, 0.29) is 23.8 Å². The van der Waals surface area contributed by atoms with Gasteiger partial charge < -0.3 is 15.5 Å². The second-order valence-electron chi connectivity index (χ2n) is 7.33. The van der Waals surface area contributed by atoms with E-state index in [1.54, 1.807) is 4.90 Å². The molecule has 5 nitrogen and oxygen atoms in total. The van der Waals surface area contributed by atoms with Crippen molar-refractivity contribution in [3.05, 3.63) is 36.6 Å². The Morgan fingerprint density at radius 1 is 1.04 bits per heavy atom. The summed E-state index contributed by atoms with van der Waals surface area (Å²) in [6.45, 7) is 18.6. The summed E-state index contributed by atoms with van der Waals surface area (Å²) >= 11 is 0. The molecule has 2 N–H and O–H groups in total. The third-order valence-electron chi connectivity index (χ3n) is 5.05. The van der Waals surface area contributed by atoms with Crippen LogP contribution in [0.4, 0.5) is 0 Å². The average molecular weight is 345 g/mol. The van der Waals surface area contributed by atoms with Crippen molar-refractivity contribution in [2.24, 2.45) is 0 Å². The Balaban J connectivity index is 0.000000212. The molecule has 25 heavy (non-hydrogen) atoms. The van der Waals surface area contributed by atoms with E-state index in [0.717, 1.165) is 42.7 Å². The number of carbonyl (C=O) groups is 2. The van der Waals surface area contributed by atoms with Crippen molar-refractivity contribution in [1.82, 2.24) is 15.5 Å². The highest BCUT2D eigenvalue weighted by Gasteiger charge is 2.38. The van der Waals surface area contributed by atoms with Gasteiger partial charge in [0.25, 0.3) is 0 Å². The number of hydrogen-bond donors (Lipinski definition) is 2. The van der Waals surface area contributed by atoms with E-state index in [4.69, 9.17) is 0 Å². The van der Waals surface area contributed by atoms with Gasteiger partial charge in [0.2, 0.25) is 5.91 Å². The van der Waals surface area contributed by atoms with Crippen molar-refractivity contribution >= 4 is 11.7 Å². The zero-order valence-corrected chi connectivity index (χ0v) is 15.7. The molecule has 3 rings (SSSR count). The van der Waals surface area contributed by atoms with E-state index in [1.807, 2.05) is 6.92 Å². The summed E-state index contributed by atoms with van der Waals surface area (Å²) in [6, 6.07) is 0.339. The lowest BCUT2D eigenvalue weighted by molar-refractivity contribution is -0.126. The summed E-state index contributed by atoms with van der Waals surface area (Å²) in [5.41, 5.74) is 2.99. The molecular weight excluding hydrogens is 314 g/mol. The van der Waals surface area contributed by atoms with Crippen LogP contribution in [0, 0.1) is 0 Å². The molecule has 0 saturated carbocycles. The van der Waals surface area contributed by atoms with Gasteiger partial charge in [0, 0.05) is 30.7 Å². The van der Waals surface area contributed by atoms with Gasteiger partial charge in [-0.1, -0.05) is 30.9 Å². The van der Waals surface area contributed by atoms with E-state index < -0.39 is 0 Å². The molecule has 3 fully saturated rings. The van der Waals surface area contributed by atoms with Gasteiger partial charge in [0.05, 0.1) is 12.1 Å². The third-order valence-corrected chi connectivity index (χ3v) is 5.05. The van der Waals surface area contributed by atoms with Gasteiger partial charge in [-0.25, -0.2) is 0 Å². The summed E-state index contributed by atoms with van der Waals surface area (Å²) in [7, 11) is 0. The fraction of sp³-hybridized carbons (Fsp3) is 0.600. The molecule has 0 aliphatic carbocycles. The normalized spacial score (nSPS) is 32.2. The van der Waals surface area contributed by atoms with Crippen molar-refractivity contribution in [3.63, 3.8) is 0 Å². The van der Waals surface area contributed by atoms with Crippen molar-refractivity contribution in [2.45, 2.75) is 70.6 Å². The first kappa shape index (κ1) is 19.6. The van der Waals surface area contributed by atoms with Crippen LogP contribution in [0.2, 0.25) is 0 Å². The molecule has 1 amide bonds. The van der Waals surface area contributed by atoms with Crippen LogP contribution in [0.25, 0.3) is 0 Å². The summed E-state index contributed by atoms with van der Waals surface area (Å²) in [4.78, 5) is 24.9. The summed E-state index contributed by atoms with van der Waals surface area (Å²) < 4.78 is 0. The minimum absolute atomic E-state index is 0.184. The Bertz CT molecular complexity index is 548. The van der Waals surface area contributed by atoms with Gasteiger partial charge >= 0.3 is 0 Å². The topological polar surface area (TPSA) is 61.4 Å². The van der Waals surface area contributed by atoms with E-state index in [2.05, 4.69) is 44.2 Å². The van der Waals surface area contributed by atoms with Crippen LogP contribution in [0.5, 0.6) is 0 Å².